The average Bonchev–Trinajstić information content (AvgIpc) is 3.83. The number of aromatic nitrogens is 1. The molecule has 0 aliphatic carbocycles. The SMILES string of the molecule is COCCOCCOCCN(CC(C)(C)S)c1cc(COc2cc3c(cc2OC)C(=O)N2c4ccccc4C[C@H]2C=N3)nc(COc2cc3c(cc2OC)C(=O)N2c4ccccc4C[C@H]2CN3)c1. The van der Waals surface area contributed by atoms with Crippen LogP contribution in [0.4, 0.5) is 28.4 Å². The summed E-state index contributed by atoms with van der Waals surface area (Å²) in [5.74, 6) is 1.46. The molecule has 356 valence electrons. The lowest BCUT2D eigenvalue weighted by atomic mass is 10.1. The smallest absolute Gasteiger partial charge is 0.261 e. The lowest BCUT2D eigenvalue weighted by molar-refractivity contribution is 0.0264. The molecule has 5 heterocycles. The van der Waals surface area contributed by atoms with E-state index in [-0.39, 0.29) is 41.9 Å². The number of carbonyl (C=O) groups is 2. The highest BCUT2D eigenvalue weighted by Gasteiger charge is 2.39. The van der Waals surface area contributed by atoms with Crippen molar-refractivity contribution in [3.63, 3.8) is 0 Å². The molecule has 2 atom stereocenters. The highest BCUT2D eigenvalue weighted by molar-refractivity contribution is 7.81. The van der Waals surface area contributed by atoms with Crippen LogP contribution in [0, 0.1) is 0 Å². The Labute approximate surface area is 402 Å². The van der Waals surface area contributed by atoms with E-state index in [1.54, 1.807) is 39.5 Å². The van der Waals surface area contributed by atoms with Crippen molar-refractivity contribution < 1.29 is 42.7 Å². The number of para-hydroxylation sites is 2. The number of nitrogens with zero attached hydrogens (tertiary/aromatic N) is 5. The first-order chi connectivity index (χ1) is 33.0. The second-order valence-corrected chi connectivity index (χ2v) is 19.0. The number of methoxy groups -OCH3 is 3. The molecule has 2 amide bonds. The molecule has 5 aromatic rings. The number of rotatable bonds is 20. The third-order valence-corrected chi connectivity index (χ3v) is 12.5. The summed E-state index contributed by atoms with van der Waals surface area (Å²) >= 11 is 4.93. The minimum absolute atomic E-state index is 0.0167. The maximum atomic E-state index is 14.1. The molecule has 0 saturated heterocycles. The average molecular weight is 943 g/mol. The molecule has 0 fully saturated rings. The normalized spacial score (nSPS) is 16.7. The Kier molecular flexibility index (Phi) is 14.1. The number of carbonyl (C=O) groups excluding carboxylic acids is 2. The van der Waals surface area contributed by atoms with Gasteiger partial charge >= 0.3 is 0 Å². The fraction of sp³-hybridized carbons (Fsp3) is 0.385. The summed E-state index contributed by atoms with van der Waals surface area (Å²) in [5, 5.41) is 3.52. The van der Waals surface area contributed by atoms with Crippen LogP contribution in [0.25, 0.3) is 0 Å². The van der Waals surface area contributed by atoms with Crippen LogP contribution in [0.1, 0.15) is 57.1 Å². The number of nitrogens with one attached hydrogen (secondary N) is 1. The van der Waals surface area contributed by atoms with Gasteiger partial charge in [-0.15, -0.1) is 0 Å². The van der Waals surface area contributed by atoms with E-state index in [4.69, 9.17) is 55.8 Å². The van der Waals surface area contributed by atoms with Crippen LogP contribution in [-0.2, 0) is 40.3 Å². The van der Waals surface area contributed by atoms with Crippen molar-refractivity contribution >= 4 is 59.1 Å². The molecular formula is C52H58N6O9S. The summed E-state index contributed by atoms with van der Waals surface area (Å²) in [6.07, 6.45) is 3.30. The minimum Gasteiger partial charge on any atom is -0.493 e. The van der Waals surface area contributed by atoms with E-state index in [0.717, 1.165) is 34.6 Å². The van der Waals surface area contributed by atoms with E-state index in [1.165, 1.54) is 0 Å². The molecule has 0 radical (unpaired) electrons. The largest absolute Gasteiger partial charge is 0.493 e. The molecular weight excluding hydrogens is 885 g/mol. The van der Waals surface area contributed by atoms with Crippen LogP contribution in [0.15, 0.2) is 89.9 Å². The number of pyridine rings is 1. The molecule has 15 nitrogen and oxygen atoms in total. The Morgan fingerprint density at radius 1 is 0.721 bits per heavy atom. The first-order valence-corrected chi connectivity index (χ1v) is 23.4. The lowest BCUT2D eigenvalue weighted by Crippen LogP contribution is -2.39. The molecule has 0 saturated carbocycles. The van der Waals surface area contributed by atoms with Crippen molar-refractivity contribution in [2.24, 2.45) is 4.99 Å². The van der Waals surface area contributed by atoms with Crippen molar-refractivity contribution in [3.05, 3.63) is 119 Å². The summed E-state index contributed by atoms with van der Waals surface area (Å²) < 4.78 is 41.1. The number of ether oxygens (including phenoxy) is 7. The van der Waals surface area contributed by atoms with Crippen LogP contribution in [0.2, 0.25) is 0 Å². The number of hydrogen-bond donors (Lipinski definition) is 2. The van der Waals surface area contributed by atoms with E-state index in [1.807, 2.05) is 76.7 Å². The molecule has 1 N–H and O–H groups in total. The second-order valence-electron chi connectivity index (χ2n) is 17.8. The Balaban J connectivity index is 0.986. The van der Waals surface area contributed by atoms with Crippen LogP contribution < -0.4 is 39.0 Å². The van der Waals surface area contributed by atoms with Gasteiger partial charge in [0.1, 0.15) is 13.2 Å². The van der Waals surface area contributed by atoms with Crippen molar-refractivity contribution in [1.29, 1.82) is 0 Å². The number of hydrogen-bond acceptors (Lipinski definition) is 14. The lowest BCUT2D eigenvalue weighted by Gasteiger charge is -2.32. The van der Waals surface area contributed by atoms with Crippen molar-refractivity contribution in [2.45, 2.75) is 56.7 Å². The number of anilines is 4. The Bertz CT molecular complexity index is 2690. The standard InChI is InChI=1S/C52H58N6O9S/c1-52(2,68)32-56(14-15-64-18-19-65-17-16-61-3)37-22-35(30-66-48-26-42-40(24-46(48)62-4)50(59)57-38(28-53-42)20-33-10-6-8-12-44(33)57)55-36(23-37)31-67-49-27-43-41(25-47(49)63-5)51(60)58-39(29-54-43)21-34-11-7-9-13-45(34)58/h6-13,22-28,38-39,54,68H,14-21,29-32H2,1-5H3/t38-,39-/m0/s1. The van der Waals surface area contributed by atoms with Crippen LogP contribution >= 0.6 is 12.6 Å². The van der Waals surface area contributed by atoms with Crippen LogP contribution in [-0.4, -0.2) is 114 Å². The Morgan fingerprint density at radius 2 is 1.32 bits per heavy atom. The molecule has 4 aliphatic heterocycles. The maximum absolute atomic E-state index is 14.1. The minimum atomic E-state index is -0.374. The molecule has 0 spiro atoms. The zero-order valence-corrected chi connectivity index (χ0v) is 40.1. The zero-order valence-electron chi connectivity index (χ0n) is 39.2. The highest BCUT2D eigenvalue weighted by Crippen LogP contribution is 2.43. The third-order valence-electron chi connectivity index (χ3n) is 12.4. The molecule has 0 bridgehead atoms. The molecule has 16 heteroatoms. The monoisotopic (exact) mass is 942 g/mol. The van der Waals surface area contributed by atoms with Gasteiger partial charge in [0, 0.05) is 73.3 Å². The van der Waals surface area contributed by atoms with E-state index >= 15 is 0 Å². The summed E-state index contributed by atoms with van der Waals surface area (Å²) in [6.45, 7) is 8.34. The van der Waals surface area contributed by atoms with Gasteiger partial charge in [-0.3, -0.25) is 24.5 Å². The fourth-order valence-electron chi connectivity index (χ4n) is 9.27. The van der Waals surface area contributed by atoms with Gasteiger partial charge in [0.2, 0.25) is 0 Å². The molecule has 4 aromatic carbocycles. The number of amides is 2. The Morgan fingerprint density at radius 3 is 2.00 bits per heavy atom. The summed E-state index contributed by atoms with van der Waals surface area (Å²) in [5.41, 5.74) is 8.30. The number of thiol groups is 1. The van der Waals surface area contributed by atoms with E-state index in [9.17, 15) is 9.59 Å². The number of benzene rings is 4. The van der Waals surface area contributed by atoms with E-state index in [0.29, 0.717) is 116 Å². The molecule has 9 rings (SSSR count). The van der Waals surface area contributed by atoms with Crippen molar-refractivity contribution in [2.75, 3.05) is 94.0 Å². The first-order valence-electron chi connectivity index (χ1n) is 22.9. The molecule has 68 heavy (non-hydrogen) atoms. The number of fused-ring (bicyclic) bond motifs is 8. The van der Waals surface area contributed by atoms with Gasteiger partial charge in [-0.2, -0.15) is 12.6 Å². The van der Waals surface area contributed by atoms with E-state index in [2.05, 4.69) is 30.1 Å². The zero-order chi connectivity index (χ0) is 47.4. The Hall–Kier alpha value is -6.33. The van der Waals surface area contributed by atoms with E-state index < -0.39 is 0 Å². The van der Waals surface area contributed by atoms with Crippen molar-refractivity contribution in [3.8, 4) is 23.0 Å². The molecule has 1 aromatic heterocycles. The van der Waals surface area contributed by atoms with Crippen LogP contribution in [0.3, 0.4) is 0 Å². The fourth-order valence-corrected chi connectivity index (χ4v) is 9.44. The third kappa shape index (κ3) is 10.1. The predicted octanol–water partition coefficient (Wildman–Crippen LogP) is 7.74. The number of aliphatic imine (C=N–C) groups is 1. The van der Waals surface area contributed by atoms with Crippen LogP contribution in [0.5, 0.6) is 23.0 Å². The van der Waals surface area contributed by atoms with Crippen molar-refractivity contribution in [1.82, 2.24) is 4.98 Å². The van der Waals surface area contributed by atoms with Gasteiger partial charge in [0.05, 0.1) is 93.2 Å². The summed E-state index contributed by atoms with van der Waals surface area (Å²) in [7, 11) is 4.76. The van der Waals surface area contributed by atoms with Gasteiger partial charge in [-0.25, -0.2) is 0 Å². The first kappa shape index (κ1) is 46.8. The maximum Gasteiger partial charge on any atom is 0.261 e. The highest BCUT2D eigenvalue weighted by atomic mass is 32.1. The summed E-state index contributed by atoms with van der Waals surface area (Å²) in [4.78, 5) is 44.0. The topological polar surface area (TPSA) is 146 Å². The molecule has 0 unspecified atom stereocenters. The van der Waals surface area contributed by atoms with Gasteiger partial charge in [0.25, 0.3) is 11.8 Å². The van der Waals surface area contributed by atoms with Gasteiger partial charge < -0.3 is 48.3 Å². The summed E-state index contributed by atoms with van der Waals surface area (Å²) in [6, 6.07) is 26.8. The molecule has 4 aliphatic rings. The van der Waals surface area contributed by atoms with Gasteiger partial charge in [0.15, 0.2) is 23.0 Å². The van der Waals surface area contributed by atoms with Gasteiger partial charge in [-0.05, 0) is 67.8 Å². The van der Waals surface area contributed by atoms with Gasteiger partial charge in [-0.1, -0.05) is 36.4 Å². The predicted molar refractivity (Wildman–Crippen MR) is 266 cm³/mol. The quantitative estimate of drug-likeness (QED) is 0.0582. The second kappa shape index (κ2) is 20.5.